The molecular weight excluding hydrogens is 248 g/mol. The van der Waals surface area contributed by atoms with Crippen LogP contribution in [0.2, 0.25) is 0 Å². The number of nitrogens with zero attached hydrogens (tertiary/aromatic N) is 1. The lowest BCUT2D eigenvalue weighted by atomic mass is 9.77. The van der Waals surface area contributed by atoms with E-state index in [0.717, 1.165) is 18.8 Å². The van der Waals surface area contributed by atoms with E-state index in [4.69, 9.17) is 0 Å². The monoisotopic (exact) mass is 282 g/mol. The Balaban J connectivity index is 1.92. The molecule has 3 unspecified atom stereocenters. The fraction of sp³-hybridized carbons (Fsp3) is 1.00. The molecule has 2 rings (SSSR count). The van der Waals surface area contributed by atoms with E-state index in [-0.39, 0.29) is 12.1 Å². The van der Waals surface area contributed by atoms with Crippen molar-refractivity contribution >= 4 is 0 Å². The zero-order valence-corrected chi connectivity index (χ0v) is 13.9. The normalized spacial score (nSPS) is 37.0. The molecule has 2 fully saturated rings. The molecule has 1 saturated carbocycles. The maximum atomic E-state index is 9.66. The smallest absolute Gasteiger partial charge is 0.0613 e. The van der Waals surface area contributed by atoms with Gasteiger partial charge in [0.1, 0.15) is 0 Å². The molecule has 0 radical (unpaired) electrons. The Hall–Kier alpha value is -0.120. The molecule has 3 atom stereocenters. The van der Waals surface area contributed by atoms with Crippen LogP contribution in [0.1, 0.15) is 59.3 Å². The number of aliphatic hydroxyl groups excluding tert-OH is 1. The number of hydrogen-bond donors (Lipinski definition) is 2. The summed E-state index contributed by atoms with van der Waals surface area (Å²) in [5, 5.41) is 13.0. The van der Waals surface area contributed by atoms with Crippen LogP contribution in [0.15, 0.2) is 0 Å². The summed E-state index contributed by atoms with van der Waals surface area (Å²) in [5.74, 6) is 0.862. The average Bonchev–Trinajstić information content (AvgIpc) is 2.67. The van der Waals surface area contributed by atoms with Crippen molar-refractivity contribution in [3.05, 3.63) is 0 Å². The van der Waals surface area contributed by atoms with E-state index in [2.05, 4.69) is 31.0 Å². The Morgan fingerprint density at radius 3 is 2.50 bits per heavy atom. The number of rotatable bonds is 3. The number of hydrogen-bond acceptors (Lipinski definition) is 3. The van der Waals surface area contributed by atoms with Gasteiger partial charge in [0.05, 0.1) is 6.61 Å². The lowest BCUT2D eigenvalue weighted by Gasteiger charge is -2.32. The summed E-state index contributed by atoms with van der Waals surface area (Å²) in [5.41, 5.74) is 0.436. The molecule has 2 N–H and O–H groups in total. The first kappa shape index (κ1) is 16.3. The second kappa shape index (κ2) is 6.33. The molecule has 1 heterocycles. The van der Waals surface area contributed by atoms with Gasteiger partial charge in [0.15, 0.2) is 0 Å². The summed E-state index contributed by atoms with van der Waals surface area (Å²) in [6.45, 7) is 9.95. The van der Waals surface area contributed by atoms with E-state index in [0.29, 0.717) is 11.5 Å². The van der Waals surface area contributed by atoms with Crippen molar-refractivity contribution in [2.75, 3.05) is 26.7 Å². The van der Waals surface area contributed by atoms with E-state index in [1.807, 2.05) is 7.05 Å². The minimum atomic E-state index is -0.0135. The molecule has 1 saturated heterocycles. The molecule has 0 aromatic rings. The van der Waals surface area contributed by atoms with Crippen molar-refractivity contribution < 1.29 is 5.11 Å². The molecule has 118 valence electrons. The number of likely N-dealkylation sites (N-methyl/N-ethyl adjacent to an activating group) is 1. The molecule has 3 nitrogen and oxygen atoms in total. The molecule has 20 heavy (non-hydrogen) atoms. The quantitative estimate of drug-likeness (QED) is 0.835. The molecule has 3 heteroatoms. The molecule has 1 aliphatic carbocycles. The van der Waals surface area contributed by atoms with Crippen molar-refractivity contribution in [3.8, 4) is 0 Å². The van der Waals surface area contributed by atoms with Crippen LogP contribution >= 0.6 is 0 Å². The molecule has 0 aromatic carbocycles. The van der Waals surface area contributed by atoms with Crippen LogP contribution in [0.25, 0.3) is 0 Å². The van der Waals surface area contributed by atoms with Gasteiger partial charge in [-0.15, -0.1) is 0 Å². The number of nitrogens with one attached hydrogen (secondary N) is 1. The van der Waals surface area contributed by atoms with Gasteiger partial charge in [-0.05, 0) is 70.0 Å². The molecular formula is C17H34N2O. The third-order valence-electron chi connectivity index (χ3n) is 5.92. The number of likely N-dealkylation sites (tertiary alicyclic amines) is 1. The summed E-state index contributed by atoms with van der Waals surface area (Å²) >= 11 is 0. The second-order valence-electron chi connectivity index (χ2n) is 8.11. The largest absolute Gasteiger partial charge is 0.394 e. The Bertz CT molecular complexity index is 307. The van der Waals surface area contributed by atoms with Crippen LogP contribution in [0.3, 0.4) is 0 Å². The van der Waals surface area contributed by atoms with E-state index >= 15 is 0 Å². The highest BCUT2D eigenvalue weighted by atomic mass is 16.3. The molecule has 0 aromatic heterocycles. The predicted octanol–water partition coefficient (Wildman–Crippen LogP) is 2.64. The Kier molecular flexibility index (Phi) is 5.14. The van der Waals surface area contributed by atoms with Gasteiger partial charge in [0.2, 0.25) is 0 Å². The molecule has 0 spiro atoms. The predicted molar refractivity (Wildman–Crippen MR) is 84.9 cm³/mol. The third kappa shape index (κ3) is 3.55. The second-order valence-corrected chi connectivity index (χ2v) is 8.11. The highest BCUT2D eigenvalue weighted by Gasteiger charge is 2.40. The van der Waals surface area contributed by atoms with Crippen LogP contribution in [0.5, 0.6) is 0 Å². The van der Waals surface area contributed by atoms with Gasteiger partial charge in [-0.2, -0.15) is 0 Å². The highest BCUT2D eigenvalue weighted by molar-refractivity contribution is 4.99. The van der Waals surface area contributed by atoms with Crippen LogP contribution in [0, 0.1) is 11.3 Å². The maximum absolute atomic E-state index is 9.66. The van der Waals surface area contributed by atoms with Crippen molar-refractivity contribution in [2.24, 2.45) is 11.3 Å². The molecule has 0 bridgehead atoms. The van der Waals surface area contributed by atoms with Gasteiger partial charge < -0.3 is 15.3 Å². The first-order chi connectivity index (χ1) is 9.40. The summed E-state index contributed by atoms with van der Waals surface area (Å²) in [6.07, 6.45) is 7.52. The van der Waals surface area contributed by atoms with E-state index < -0.39 is 0 Å². The highest BCUT2D eigenvalue weighted by Crippen LogP contribution is 2.37. The Morgan fingerprint density at radius 2 is 1.95 bits per heavy atom. The average molecular weight is 282 g/mol. The van der Waals surface area contributed by atoms with Gasteiger partial charge in [0, 0.05) is 11.6 Å². The van der Waals surface area contributed by atoms with Crippen molar-refractivity contribution in [1.82, 2.24) is 10.2 Å². The van der Waals surface area contributed by atoms with Crippen LogP contribution < -0.4 is 5.32 Å². The van der Waals surface area contributed by atoms with Gasteiger partial charge in [-0.25, -0.2) is 0 Å². The first-order valence-corrected chi connectivity index (χ1v) is 8.44. The van der Waals surface area contributed by atoms with E-state index in [9.17, 15) is 5.11 Å². The fourth-order valence-corrected chi connectivity index (χ4v) is 4.21. The van der Waals surface area contributed by atoms with Crippen LogP contribution in [0.4, 0.5) is 0 Å². The standard InChI is InChI=1S/C17H34N2O/c1-16(2,3)14-6-5-10-19(11-8-14)15-7-9-17(12-15,13-20)18-4/h14-15,18,20H,5-13H2,1-4H3. The minimum absolute atomic E-state index is 0.0135. The SMILES string of the molecule is CNC1(CO)CCC(N2CCCC(C(C)(C)C)CC2)C1. The molecule has 2 aliphatic rings. The maximum Gasteiger partial charge on any atom is 0.0613 e. The van der Waals surface area contributed by atoms with Crippen molar-refractivity contribution in [3.63, 3.8) is 0 Å². The Labute approximate surface area is 125 Å². The fourth-order valence-electron chi connectivity index (χ4n) is 4.21. The van der Waals surface area contributed by atoms with Crippen molar-refractivity contribution in [1.29, 1.82) is 0 Å². The summed E-state index contributed by atoms with van der Waals surface area (Å²) in [4.78, 5) is 2.71. The zero-order valence-electron chi connectivity index (χ0n) is 13.9. The summed E-state index contributed by atoms with van der Waals surface area (Å²) < 4.78 is 0. The topological polar surface area (TPSA) is 35.5 Å². The van der Waals surface area contributed by atoms with E-state index in [1.54, 1.807) is 0 Å². The van der Waals surface area contributed by atoms with Gasteiger partial charge in [-0.1, -0.05) is 20.8 Å². The summed E-state index contributed by atoms with van der Waals surface area (Å²) in [6, 6.07) is 0.674. The molecule has 1 aliphatic heterocycles. The lowest BCUT2D eigenvalue weighted by molar-refractivity contribution is 0.146. The van der Waals surface area contributed by atoms with E-state index in [1.165, 1.54) is 38.8 Å². The molecule has 0 amide bonds. The zero-order chi connectivity index (χ0) is 14.8. The Morgan fingerprint density at radius 1 is 1.20 bits per heavy atom. The van der Waals surface area contributed by atoms with Crippen molar-refractivity contribution in [2.45, 2.75) is 70.9 Å². The lowest BCUT2D eigenvalue weighted by Crippen LogP contribution is -2.46. The van der Waals surface area contributed by atoms with Gasteiger partial charge in [-0.3, -0.25) is 0 Å². The van der Waals surface area contributed by atoms with Crippen LogP contribution in [-0.4, -0.2) is 48.3 Å². The van der Waals surface area contributed by atoms with Gasteiger partial charge >= 0.3 is 0 Å². The third-order valence-corrected chi connectivity index (χ3v) is 5.92. The summed E-state index contributed by atoms with van der Waals surface area (Å²) in [7, 11) is 2.00. The van der Waals surface area contributed by atoms with Crippen LogP contribution in [-0.2, 0) is 0 Å². The van der Waals surface area contributed by atoms with Gasteiger partial charge in [0.25, 0.3) is 0 Å². The number of aliphatic hydroxyl groups is 1. The first-order valence-electron chi connectivity index (χ1n) is 8.44. The minimum Gasteiger partial charge on any atom is -0.394 e.